The summed E-state index contributed by atoms with van der Waals surface area (Å²) < 4.78 is 0. The predicted octanol–water partition coefficient (Wildman–Crippen LogP) is 1.76. The Morgan fingerprint density at radius 3 is 2.67 bits per heavy atom. The van der Waals surface area contributed by atoms with Crippen molar-refractivity contribution in [3.63, 3.8) is 0 Å². The molecule has 1 rings (SSSR count). The molecule has 0 aromatic rings. The third-order valence-electron chi connectivity index (χ3n) is 3.07. The number of rotatable bonds is 7. The first-order chi connectivity index (χ1) is 9.92. The SMILES string of the molecule is C=C(N=C/C(C)=C\N)NC(=NC(C)=N)C(C)NCC1CC1. The van der Waals surface area contributed by atoms with E-state index >= 15 is 0 Å². The molecule has 1 unspecified atom stereocenters. The summed E-state index contributed by atoms with van der Waals surface area (Å²) in [6.45, 7) is 10.3. The molecule has 0 aromatic carbocycles. The summed E-state index contributed by atoms with van der Waals surface area (Å²) in [5.74, 6) is 2.15. The van der Waals surface area contributed by atoms with Crippen LogP contribution in [-0.4, -0.2) is 30.5 Å². The van der Waals surface area contributed by atoms with Crippen molar-refractivity contribution in [3.8, 4) is 0 Å². The molecule has 0 amide bonds. The topological polar surface area (TPSA) is 98.7 Å². The Morgan fingerprint density at radius 2 is 2.14 bits per heavy atom. The van der Waals surface area contributed by atoms with E-state index < -0.39 is 0 Å². The van der Waals surface area contributed by atoms with Crippen molar-refractivity contribution >= 4 is 17.9 Å². The predicted molar refractivity (Wildman–Crippen MR) is 89.7 cm³/mol. The zero-order valence-electron chi connectivity index (χ0n) is 13.1. The molecule has 1 atom stereocenters. The Morgan fingerprint density at radius 1 is 1.48 bits per heavy atom. The van der Waals surface area contributed by atoms with Gasteiger partial charge in [0.05, 0.1) is 6.04 Å². The van der Waals surface area contributed by atoms with E-state index in [9.17, 15) is 0 Å². The van der Waals surface area contributed by atoms with Gasteiger partial charge in [-0.25, -0.2) is 9.98 Å². The fourth-order valence-electron chi connectivity index (χ4n) is 1.58. The molecule has 0 spiro atoms. The van der Waals surface area contributed by atoms with Crippen LogP contribution in [0.25, 0.3) is 0 Å². The average molecular weight is 290 g/mol. The minimum absolute atomic E-state index is 0.0176. The van der Waals surface area contributed by atoms with Gasteiger partial charge < -0.3 is 16.4 Å². The van der Waals surface area contributed by atoms with Crippen LogP contribution in [0.3, 0.4) is 0 Å². The molecule has 5 N–H and O–H groups in total. The second-order valence-electron chi connectivity index (χ2n) is 5.40. The van der Waals surface area contributed by atoms with E-state index in [1.54, 1.807) is 13.1 Å². The van der Waals surface area contributed by atoms with E-state index in [1.807, 2.05) is 13.8 Å². The quantitative estimate of drug-likeness (QED) is 0.425. The molecule has 0 aliphatic heterocycles. The van der Waals surface area contributed by atoms with Crippen LogP contribution < -0.4 is 16.4 Å². The maximum absolute atomic E-state index is 7.54. The second kappa shape index (κ2) is 8.36. The zero-order valence-corrected chi connectivity index (χ0v) is 13.1. The van der Waals surface area contributed by atoms with Gasteiger partial charge in [0.25, 0.3) is 0 Å². The Kier molecular flexibility index (Phi) is 6.81. The summed E-state index contributed by atoms with van der Waals surface area (Å²) in [5, 5.41) is 14.0. The Bertz CT molecular complexity index is 471. The van der Waals surface area contributed by atoms with E-state index in [2.05, 4.69) is 27.2 Å². The summed E-state index contributed by atoms with van der Waals surface area (Å²) in [5.41, 5.74) is 6.23. The average Bonchev–Trinajstić information content (AvgIpc) is 3.25. The lowest BCUT2D eigenvalue weighted by molar-refractivity contribution is 0.606. The van der Waals surface area contributed by atoms with Gasteiger partial charge in [0, 0.05) is 6.21 Å². The highest BCUT2D eigenvalue weighted by Gasteiger charge is 2.22. The molecule has 0 saturated heterocycles. The first-order valence-corrected chi connectivity index (χ1v) is 7.18. The molecular weight excluding hydrogens is 264 g/mol. The van der Waals surface area contributed by atoms with E-state index in [-0.39, 0.29) is 11.9 Å². The van der Waals surface area contributed by atoms with Crippen LogP contribution >= 0.6 is 0 Å². The first-order valence-electron chi connectivity index (χ1n) is 7.18. The van der Waals surface area contributed by atoms with Crippen LogP contribution in [-0.2, 0) is 0 Å². The number of hydrogen-bond donors (Lipinski definition) is 4. The van der Waals surface area contributed by atoms with E-state index in [0.717, 1.165) is 18.0 Å². The van der Waals surface area contributed by atoms with Gasteiger partial charge in [0.1, 0.15) is 17.5 Å². The van der Waals surface area contributed by atoms with E-state index in [1.165, 1.54) is 19.0 Å². The largest absolute Gasteiger partial charge is 0.404 e. The lowest BCUT2D eigenvalue weighted by atomic mass is 10.2. The van der Waals surface area contributed by atoms with Gasteiger partial charge in [-0.3, -0.25) is 5.41 Å². The highest BCUT2D eigenvalue weighted by atomic mass is 15.1. The highest BCUT2D eigenvalue weighted by molar-refractivity contribution is 5.98. The van der Waals surface area contributed by atoms with Crippen LogP contribution in [0.2, 0.25) is 0 Å². The fourth-order valence-corrected chi connectivity index (χ4v) is 1.58. The molecule has 0 radical (unpaired) electrons. The highest BCUT2D eigenvalue weighted by Crippen LogP contribution is 2.27. The number of nitrogens with two attached hydrogens (primary N) is 1. The number of hydrogen-bond acceptors (Lipinski definition) is 4. The van der Waals surface area contributed by atoms with Gasteiger partial charge in [0.2, 0.25) is 0 Å². The third kappa shape index (κ3) is 7.41. The maximum Gasteiger partial charge on any atom is 0.126 e. The smallest absolute Gasteiger partial charge is 0.126 e. The summed E-state index contributed by atoms with van der Waals surface area (Å²) in [6.07, 6.45) is 5.70. The summed E-state index contributed by atoms with van der Waals surface area (Å²) in [4.78, 5) is 8.39. The van der Waals surface area contributed by atoms with Crippen molar-refractivity contribution < 1.29 is 0 Å². The molecule has 1 saturated carbocycles. The van der Waals surface area contributed by atoms with Crippen LogP contribution in [0.5, 0.6) is 0 Å². The number of nitrogens with one attached hydrogen (secondary N) is 3. The van der Waals surface area contributed by atoms with Crippen LogP contribution in [0.1, 0.15) is 33.6 Å². The number of amidine groups is 2. The van der Waals surface area contributed by atoms with Gasteiger partial charge >= 0.3 is 0 Å². The molecular formula is C15H26N6. The monoisotopic (exact) mass is 290 g/mol. The molecule has 21 heavy (non-hydrogen) atoms. The van der Waals surface area contributed by atoms with Crippen molar-refractivity contribution in [2.45, 2.75) is 39.7 Å². The molecule has 6 heteroatoms. The molecule has 0 bridgehead atoms. The molecule has 0 heterocycles. The van der Waals surface area contributed by atoms with Crippen molar-refractivity contribution in [2.24, 2.45) is 21.6 Å². The normalized spacial score (nSPS) is 17.9. The second-order valence-corrected chi connectivity index (χ2v) is 5.40. The first kappa shape index (κ1) is 17.1. The van der Waals surface area contributed by atoms with Gasteiger partial charge in [-0.05, 0) is 57.8 Å². The summed E-state index contributed by atoms with van der Waals surface area (Å²) in [7, 11) is 0. The molecule has 1 aliphatic carbocycles. The summed E-state index contributed by atoms with van der Waals surface area (Å²) in [6, 6.07) is 0.0176. The van der Waals surface area contributed by atoms with Gasteiger partial charge in [0.15, 0.2) is 0 Å². The molecule has 1 fully saturated rings. The van der Waals surface area contributed by atoms with Crippen LogP contribution in [0, 0.1) is 11.3 Å². The Hall–Kier alpha value is -1.95. The van der Waals surface area contributed by atoms with E-state index in [4.69, 9.17) is 11.1 Å². The molecule has 116 valence electrons. The number of aliphatic imine (C=N–C) groups is 2. The maximum atomic E-state index is 7.54. The Balaban J connectivity index is 2.62. The van der Waals surface area contributed by atoms with Crippen LogP contribution in [0.15, 0.2) is 34.2 Å². The minimum Gasteiger partial charge on any atom is -0.404 e. The zero-order chi connectivity index (χ0) is 15.8. The number of allylic oxidation sites excluding steroid dienone is 1. The lowest BCUT2D eigenvalue weighted by Gasteiger charge is -2.18. The third-order valence-corrected chi connectivity index (χ3v) is 3.07. The fraction of sp³-hybridized carbons (Fsp3) is 0.533. The van der Waals surface area contributed by atoms with Crippen molar-refractivity contribution in [2.75, 3.05) is 6.54 Å². The van der Waals surface area contributed by atoms with Crippen molar-refractivity contribution in [3.05, 3.63) is 24.2 Å². The van der Waals surface area contributed by atoms with Gasteiger partial charge in [-0.1, -0.05) is 6.58 Å². The summed E-state index contributed by atoms with van der Waals surface area (Å²) >= 11 is 0. The van der Waals surface area contributed by atoms with Gasteiger partial charge in [-0.2, -0.15) is 0 Å². The van der Waals surface area contributed by atoms with Crippen molar-refractivity contribution in [1.82, 2.24) is 10.6 Å². The van der Waals surface area contributed by atoms with Gasteiger partial charge in [-0.15, -0.1) is 0 Å². The minimum atomic E-state index is 0.0176. The van der Waals surface area contributed by atoms with Crippen LogP contribution in [0.4, 0.5) is 0 Å². The standard InChI is InChI=1S/C15H26N6/c1-10(7-16)8-19-13(4)21-15(20-12(3)17)11(2)18-9-14-5-6-14/h7-8,11,14,18H,4-6,9,16H2,1-3H3,(H2,17,20,21)/b10-7-,19-8?. The molecule has 1 aliphatic rings. The molecule has 0 aromatic heterocycles. The molecule has 6 nitrogen and oxygen atoms in total. The Labute approximate surface area is 126 Å². The van der Waals surface area contributed by atoms with E-state index in [0.29, 0.717) is 11.7 Å². The number of nitrogens with zero attached hydrogens (tertiary/aromatic N) is 2. The van der Waals surface area contributed by atoms with Crippen molar-refractivity contribution in [1.29, 1.82) is 5.41 Å². The lowest BCUT2D eigenvalue weighted by Crippen LogP contribution is -2.42.